The number of nitrogens with one attached hydrogen (secondary N) is 2. The molecule has 3 heterocycles. The standard InChI is InChI=1S/C18H23N5O5S/c1-9-6-23(18(28)21-16(9)27)12-7-22(8-13(12)24)15(26)5-4-14(25)20-17-19-10(2)11(3)29-17/h6,12-13,24H,4-5,7-8H2,1-3H3,(H,19,20,25)(H,21,27,28)/t12-,13-/m1/s1. The van der Waals surface area contributed by atoms with Crippen LogP contribution in [0.2, 0.25) is 0 Å². The molecule has 1 aliphatic rings. The van der Waals surface area contributed by atoms with Gasteiger partial charge in [0.2, 0.25) is 11.8 Å². The number of carbonyl (C=O) groups excluding carboxylic acids is 2. The Bertz CT molecular complexity index is 1040. The van der Waals surface area contributed by atoms with Gasteiger partial charge < -0.3 is 15.3 Å². The van der Waals surface area contributed by atoms with E-state index >= 15 is 0 Å². The van der Waals surface area contributed by atoms with Crippen LogP contribution < -0.4 is 16.6 Å². The van der Waals surface area contributed by atoms with Crippen LogP contribution in [0.1, 0.15) is 35.0 Å². The molecule has 156 valence electrons. The molecule has 2 aromatic rings. The van der Waals surface area contributed by atoms with Crippen molar-refractivity contribution in [1.29, 1.82) is 0 Å². The van der Waals surface area contributed by atoms with Gasteiger partial charge in [-0.15, -0.1) is 11.3 Å². The van der Waals surface area contributed by atoms with E-state index < -0.39 is 23.4 Å². The maximum absolute atomic E-state index is 12.5. The maximum Gasteiger partial charge on any atom is 0.328 e. The van der Waals surface area contributed by atoms with E-state index in [-0.39, 0.29) is 37.7 Å². The molecular weight excluding hydrogens is 398 g/mol. The highest BCUT2D eigenvalue weighted by atomic mass is 32.1. The quantitative estimate of drug-likeness (QED) is 0.625. The zero-order valence-electron chi connectivity index (χ0n) is 16.4. The van der Waals surface area contributed by atoms with E-state index in [1.807, 2.05) is 13.8 Å². The van der Waals surface area contributed by atoms with Crippen LogP contribution in [0.25, 0.3) is 0 Å². The monoisotopic (exact) mass is 421 g/mol. The van der Waals surface area contributed by atoms with Gasteiger partial charge in [-0.1, -0.05) is 0 Å². The third-order valence-electron chi connectivity index (χ3n) is 4.96. The second-order valence-electron chi connectivity index (χ2n) is 7.12. The van der Waals surface area contributed by atoms with Crippen molar-refractivity contribution in [3.05, 3.63) is 43.2 Å². The molecule has 2 atom stereocenters. The SMILES string of the molecule is Cc1nc(NC(=O)CCC(=O)N2C[C@@H](O)[C@H](n3cc(C)c(=O)[nH]c3=O)C2)sc1C. The van der Waals surface area contributed by atoms with E-state index in [1.165, 1.54) is 27.0 Å². The van der Waals surface area contributed by atoms with E-state index in [9.17, 15) is 24.3 Å². The molecule has 0 spiro atoms. The molecule has 0 aromatic carbocycles. The zero-order valence-corrected chi connectivity index (χ0v) is 17.2. The van der Waals surface area contributed by atoms with Gasteiger partial charge in [0.05, 0.1) is 17.8 Å². The average Bonchev–Trinajstić information content (AvgIpc) is 3.18. The number of thiazole rings is 1. The number of aliphatic hydroxyl groups is 1. The van der Waals surface area contributed by atoms with Crippen LogP contribution in [0.4, 0.5) is 5.13 Å². The molecule has 10 nitrogen and oxygen atoms in total. The molecule has 1 fully saturated rings. The highest BCUT2D eigenvalue weighted by Crippen LogP contribution is 2.23. The highest BCUT2D eigenvalue weighted by Gasteiger charge is 2.35. The number of anilines is 1. The van der Waals surface area contributed by atoms with Crippen molar-refractivity contribution in [2.75, 3.05) is 18.4 Å². The number of amides is 2. The Morgan fingerprint density at radius 3 is 2.66 bits per heavy atom. The first-order valence-corrected chi connectivity index (χ1v) is 9.99. The van der Waals surface area contributed by atoms with Gasteiger partial charge in [-0.05, 0) is 20.8 Å². The molecule has 0 saturated carbocycles. The maximum atomic E-state index is 12.5. The minimum absolute atomic E-state index is 0.00845. The second-order valence-corrected chi connectivity index (χ2v) is 8.32. The first kappa shape index (κ1) is 20.9. The van der Waals surface area contributed by atoms with Crippen molar-refractivity contribution in [3.63, 3.8) is 0 Å². The summed E-state index contributed by atoms with van der Waals surface area (Å²) in [5.41, 5.74) is 0.0766. The Kier molecular flexibility index (Phi) is 5.99. The van der Waals surface area contributed by atoms with Crippen molar-refractivity contribution in [2.45, 2.75) is 45.8 Å². The van der Waals surface area contributed by atoms with Gasteiger partial charge in [-0.3, -0.25) is 23.9 Å². The minimum Gasteiger partial charge on any atom is -0.389 e. The number of aliphatic hydroxyl groups excluding tert-OH is 1. The molecule has 1 aliphatic heterocycles. The van der Waals surface area contributed by atoms with Crippen LogP contribution in [0.3, 0.4) is 0 Å². The summed E-state index contributed by atoms with van der Waals surface area (Å²) in [7, 11) is 0. The lowest BCUT2D eigenvalue weighted by Crippen LogP contribution is -2.37. The van der Waals surface area contributed by atoms with Gasteiger partial charge in [0, 0.05) is 42.6 Å². The number of aryl methyl sites for hydroxylation is 3. The summed E-state index contributed by atoms with van der Waals surface area (Å²) in [5, 5.41) is 13.5. The Labute approximate surface area is 170 Å². The van der Waals surface area contributed by atoms with Crippen molar-refractivity contribution >= 4 is 28.3 Å². The van der Waals surface area contributed by atoms with Crippen LogP contribution in [0.15, 0.2) is 15.8 Å². The largest absolute Gasteiger partial charge is 0.389 e. The number of hydrogen-bond acceptors (Lipinski definition) is 7. The van der Waals surface area contributed by atoms with Crippen LogP contribution >= 0.6 is 11.3 Å². The van der Waals surface area contributed by atoms with Gasteiger partial charge in [-0.2, -0.15) is 0 Å². The summed E-state index contributed by atoms with van der Waals surface area (Å²) in [5.74, 6) is -0.599. The number of carbonyl (C=O) groups is 2. The lowest BCUT2D eigenvalue weighted by atomic mass is 10.2. The molecule has 2 aromatic heterocycles. The Morgan fingerprint density at radius 1 is 1.28 bits per heavy atom. The molecule has 1 saturated heterocycles. The number of rotatable bonds is 5. The van der Waals surface area contributed by atoms with E-state index in [0.29, 0.717) is 10.7 Å². The fourth-order valence-electron chi connectivity index (χ4n) is 3.17. The first-order chi connectivity index (χ1) is 13.7. The van der Waals surface area contributed by atoms with Crippen molar-refractivity contribution in [2.24, 2.45) is 0 Å². The molecular formula is C18H23N5O5S. The predicted octanol–water partition coefficient (Wildman–Crippen LogP) is 0.0815. The van der Waals surface area contributed by atoms with Gasteiger partial charge >= 0.3 is 5.69 Å². The van der Waals surface area contributed by atoms with Crippen LogP contribution in [-0.2, 0) is 9.59 Å². The highest BCUT2D eigenvalue weighted by molar-refractivity contribution is 7.15. The first-order valence-electron chi connectivity index (χ1n) is 9.17. The zero-order chi connectivity index (χ0) is 21.3. The lowest BCUT2D eigenvalue weighted by molar-refractivity contribution is -0.132. The number of β-amino-alcohol motifs (C(OH)–C–C–N with tert-alkyl or cyclic N) is 1. The third-order valence-corrected chi connectivity index (χ3v) is 5.94. The second kappa shape index (κ2) is 8.29. The molecule has 0 aliphatic carbocycles. The molecule has 0 bridgehead atoms. The number of nitrogens with zero attached hydrogens (tertiary/aromatic N) is 3. The molecule has 3 N–H and O–H groups in total. The van der Waals surface area contributed by atoms with Crippen LogP contribution in [-0.4, -0.2) is 55.5 Å². The Hall–Kier alpha value is -2.79. The van der Waals surface area contributed by atoms with Gasteiger partial charge in [0.15, 0.2) is 5.13 Å². The molecule has 3 rings (SSSR count). The molecule has 11 heteroatoms. The van der Waals surface area contributed by atoms with Gasteiger partial charge in [0.25, 0.3) is 5.56 Å². The molecule has 2 amide bonds. The third kappa shape index (κ3) is 4.62. The fraction of sp³-hybridized carbons (Fsp3) is 0.500. The number of likely N-dealkylation sites (tertiary alicyclic amines) is 1. The summed E-state index contributed by atoms with van der Waals surface area (Å²) in [6.07, 6.45) is 0.408. The smallest absolute Gasteiger partial charge is 0.328 e. The summed E-state index contributed by atoms with van der Waals surface area (Å²) < 4.78 is 1.24. The summed E-state index contributed by atoms with van der Waals surface area (Å²) in [4.78, 5) is 57.0. The number of aromatic nitrogens is 3. The molecule has 0 unspecified atom stereocenters. The van der Waals surface area contributed by atoms with E-state index in [1.54, 1.807) is 6.92 Å². The molecule has 29 heavy (non-hydrogen) atoms. The number of H-pyrrole nitrogens is 1. The van der Waals surface area contributed by atoms with E-state index in [0.717, 1.165) is 10.6 Å². The average molecular weight is 421 g/mol. The topological polar surface area (TPSA) is 137 Å². The van der Waals surface area contributed by atoms with Crippen molar-refractivity contribution < 1.29 is 14.7 Å². The van der Waals surface area contributed by atoms with E-state index in [4.69, 9.17) is 0 Å². The predicted molar refractivity (Wildman–Crippen MR) is 107 cm³/mol. The fourth-order valence-corrected chi connectivity index (χ4v) is 4.00. The minimum atomic E-state index is -0.947. The van der Waals surface area contributed by atoms with Gasteiger partial charge in [-0.25, -0.2) is 9.78 Å². The van der Waals surface area contributed by atoms with Crippen molar-refractivity contribution in [3.8, 4) is 0 Å². The number of aromatic amines is 1. The normalized spacial score (nSPS) is 18.8. The summed E-state index contributed by atoms with van der Waals surface area (Å²) in [6.45, 7) is 5.51. The Balaban J connectivity index is 1.58. The summed E-state index contributed by atoms with van der Waals surface area (Å²) in [6, 6.07) is -0.655. The lowest BCUT2D eigenvalue weighted by Gasteiger charge is -2.17. The van der Waals surface area contributed by atoms with Gasteiger partial charge in [0.1, 0.15) is 0 Å². The number of hydrogen-bond donors (Lipinski definition) is 3. The van der Waals surface area contributed by atoms with Crippen LogP contribution in [0, 0.1) is 20.8 Å². The van der Waals surface area contributed by atoms with Crippen LogP contribution in [0.5, 0.6) is 0 Å². The summed E-state index contributed by atoms with van der Waals surface area (Å²) >= 11 is 1.37. The van der Waals surface area contributed by atoms with E-state index in [2.05, 4.69) is 15.3 Å². The Morgan fingerprint density at radius 2 is 2.00 bits per heavy atom. The van der Waals surface area contributed by atoms with Crippen molar-refractivity contribution in [1.82, 2.24) is 19.4 Å². The molecule has 0 radical (unpaired) electrons.